The van der Waals surface area contributed by atoms with Crippen LogP contribution in [-0.2, 0) is 0 Å². The highest BCUT2D eigenvalue weighted by Crippen LogP contribution is 2.01. The van der Waals surface area contributed by atoms with Gasteiger partial charge in [0.05, 0.1) is 11.9 Å². The first kappa shape index (κ1) is 11.4. The van der Waals surface area contributed by atoms with Crippen LogP contribution in [0.3, 0.4) is 0 Å². The standard InChI is InChI=1S/C8H19N3O/c1-6(4-8(9)10)11(3)5-7(2)12/h6-7,12H,4-5H2,1-3H3,(H3,9,10). The molecule has 0 fully saturated rings. The summed E-state index contributed by atoms with van der Waals surface area (Å²) in [4.78, 5) is 1.99. The van der Waals surface area contributed by atoms with Crippen molar-refractivity contribution in [2.75, 3.05) is 13.6 Å². The first-order valence-electron chi connectivity index (χ1n) is 4.14. The number of hydrogen-bond donors (Lipinski definition) is 3. The first-order valence-corrected chi connectivity index (χ1v) is 4.14. The van der Waals surface area contributed by atoms with E-state index in [9.17, 15) is 0 Å². The lowest BCUT2D eigenvalue weighted by Gasteiger charge is -2.25. The van der Waals surface area contributed by atoms with Gasteiger partial charge in [-0.15, -0.1) is 0 Å². The topological polar surface area (TPSA) is 73.3 Å². The van der Waals surface area contributed by atoms with Crippen LogP contribution in [0.15, 0.2) is 0 Å². The van der Waals surface area contributed by atoms with Crippen molar-refractivity contribution in [1.82, 2.24) is 4.90 Å². The Bertz CT molecular complexity index is 147. The summed E-state index contributed by atoms with van der Waals surface area (Å²) in [6.45, 7) is 4.36. The maximum Gasteiger partial charge on any atom is 0.0920 e. The summed E-state index contributed by atoms with van der Waals surface area (Å²) in [5.74, 6) is 0.194. The molecule has 4 N–H and O–H groups in total. The lowest BCUT2D eigenvalue weighted by atomic mass is 10.2. The number of hydrogen-bond acceptors (Lipinski definition) is 3. The van der Waals surface area contributed by atoms with Crippen LogP contribution in [-0.4, -0.2) is 41.6 Å². The molecule has 2 unspecified atom stereocenters. The Labute approximate surface area is 73.9 Å². The molecule has 4 nitrogen and oxygen atoms in total. The van der Waals surface area contributed by atoms with Crippen LogP contribution in [0.2, 0.25) is 0 Å². The zero-order valence-electron chi connectivity index (χ0n) is 8.04. The minimum Gasteiger partial charge on any atom is -0.392 e. The molecule has 0 aromatic heterocycles. The molecular formula is C8H19N3O. The molecule has 12 heavy (non-hydrogen) atoms. The van der Waals surface area contributed by atoms with Crippen LogP contribution in [0.25, 0.3) is 0 Å². The van der Waals surface area contributed by atoms with Crippen LogP contribution in [0, 0.1) is 5.41 Å². The molecule has 0 aliphatic carbocycles. The van der Waals surface area contributed by atoms with Crippen LogP contribution >= 0.6 is 0 Å². The average Bonchev–Trinajstić information content (AvgIpc) is 1.84. The maximum absolute atomic E-state index is 9.08. The second kappa shape index (κ2) is 5.11. The summed E-state index contributed by atoms with van der Waals surface area (Å²) >= 11 is 0. The molecule has 0 heterocycles. The molecule has 2 atom stereocenters. The van der Waals surface area contributed by atoms with Gasteiger partial charge < -0.3 is 15.7 Å². The fourth-order valence-corrected chi connectivity index (χ4v) is 1.07. The van der Waals surface area contributed by atoms with Crippen LogP contribution in [0.5, 0.6) is 0 Å². The highest BCUT2D eigenvalue weighted by atomic mass is 16.3. The van der Waals surface area contributed by atoms with Gasteiger partial charge in [0.15, 0.2) is 0 Å². The smallest absolute Gasteiger partial charge is 0.0920 e. The summed E-state index contributed by atoms with van der Waals surface area (Å²) in [5.41, 5.74) is 5.26. The van der Waals surface area contributed by atoms with Gasteiger partial charge in [-0.05, 0) is 20.9 Å². The fraction of sp³-hybridized carbons (Fsp3) is 0.875. The molecular weight excluding hydrogens is 154 g/mol. The van der Waals surface area contributed by atoms with Crippen molar-refractivity contribution in [3.8, 4) is 0 Å². The number of nitrogens with one attached hydrogen (secondary N) is 1. The van der Waals surface area contributed by atoms with Crippen molar-refractivity contribution in [1.29, 1.82) is 5.41 Å². The van der Waals surface area contributed by atoms with Crippen molar-refractivity contribution in [2.45, 2.75) is 32.4 Å². The summed E-state index contributed by atoms with van der Waals surface area (Å²) in [6, 6.07) is 0.220. The number of nitrogens with two attached hydrogens (primary N) is 1. The van der Waals surface area contributed by atoms with Gasteiger partial charge in [0.1, 0.15) is 0 Å². The van der Waals surface area contributed by atoms with Crippen LogP contribution in [0.1, 0.15) is 20.3 Å². The third kappa shape index (κ3) is 5.09. The van der Waals surface area contributed by atoms with E-state index < -0.39 is 0 Å². The number of aliphatic hydroxyl groups is 1. The third-order valence-electron chi connectivity index (χ3n) is 1.82. The minimum atomic E-state index is -0.329. The molecule has 0 aromatic rings. The number of likely N-dealkylation sites (N-methyl/N-ethyl adjacent to an activating group) is 1. The van der Waals surface area contributed by atoms with E-state index in [1.807, 2.05) is 18.9 Å². The second-order valence-electron chi connectivity index (χ2n) is 3.37. The van der Waals surface area contributed by atoms with E-state index in [-0.39, 0.29) is 18.0 Å². The van der Waals surface area contributed by atoms with E-state index >= 15 is 0 Å². The lowest BCUT2D eigenvalue weighted by Crippen LogP contribution is -2.37. The monoisotopic (exact) mass is 173 g/mol. The molecule has 0 bridgehead atoms. The number of amidine groups is 1. The molecule has 0 spiro atoms. The van der Waals surface area contributed by atoms with E-state index in [2.05, 4.69) is 0 Å². The summed E-state index contributed by atoms with van der Waals surface area (Å²) in [7, 11) is 1.92. The van der Waals surface area contributed by atoms with E-state index in [4.69, 9.17) is 16.2 Å². The highest BCUT2D eigenvalue weighted by molar-refractivity contribution is 5.77. The zero-order valence-corrected chi connectivity index (χ0v) is 8.04. The van der Waals surface area contributed by atoms with Gasteiger partial charge in [0, 0.05) is 19.0 Å². The molecule has 72 valence electrons. The normalized spacial score (nSPS) is 16.1. The molecule has 0 saturated heterocycles. The predicted octanol–water partition coefficient (Wildman–Crippen LogP) is 0.0136. The van der Waals surface area contributed by atoms with Crippen molar-refractivity contribution < 1.29 is 5.11 Å². The minimum absolute atomic E-state index is 0.194. The molecule has 0 aliphatic heterocycles. The van der Waals surface area contributed by atoms with Gasteiger partial charge >= 0.3 is 0 Å². The van der Waals surface area contributed by atoms with E-state index in [1.54, 1.807) is 6.92 Å². The number of rotatable bonds is 5. The Hall–Kier alpha value is -0.610. The zero-order chi connectivity index (χ0) is 9.72. The largest absolute Gasteiger partial charge is 0.392 e. The molecule has 0 amide bonds. The Morgan fingerprint density at radius 1 is 1.58 bits per heavy atom. The number of nitrogens with zero attached hydrogens (tertiary/aromatic N) is 1. The Balaban J connectivity index is 3.76. The van der Waals surface area contributed by atoms with E-state index in [0.29, 0.717) is 13.0 Å². The Morgan fingerprint density at radius 2 is 2.08 bits per heavy atom. The summed E-state index contributed by atoms with van der Waals surface area (Å²) < 4.78 is 0. The van der Waals surface area contributed by atoms with Gasteiger partial charge in [-0.3, -0.25) is 5.41 Å². The number of aliphatic hydroxyl groups excluding tert-OH is 1. The van der Waals surface area contributed by atoms with Crippen LogP contribution in [0.4, 0.5) is 0 Å². The van der Waals surface area contributed by atoms with E-state index in [0.717, 1.165) is 0 Å². The molecule has 0 saturated carbocycles. The molecule has 0 rings (SSSR count). The Kier molecular flexibility index (Phi) is 4.85. The SMILES string of the molecule is CC(O)CN(C)C(C)CC(=N)N. The van der Waals surface area contributed by atoms with E-state index in [1.165, 1.54) is 0 Å². The molecule has 0 aliphatic rings. The van der Waals surface area contributed by atoms with Gasteiger partial charge in [-0.2, -0.15) is 0 Å². The fourth-order valence-electron chi connectivity index (χ4n) is 1.07. The van der Waals surface area contributed by atoms with Crippen LogP contribution < -0.4 is 5.73 Å². The van der Waals surface area contributed by atoms with Crippen molar-refractivity contribution in [2.24, 2.45) is 5.73 Å². The van der Waals surface area contributed by atoms with Crippen molar-refractivity contribution in [3.05, 3.63) is 0 Å². The quantitative estimate of drug-likeness (QED) is 0.405. The highest BCUT2D eigenvalue weighted by Gasteiger charge is 2.11. The molecule has 4 heteroatoms. The van der Waals surface area contributed by atoms with Crippen molar-refractivity contribution in [3.63, 3.8) is 0 Å². The average molecular weight is 173 g/mol. The summed E-state index contributed by atoms with van der Waals surface area (Å²) in [6.07, 6.45) is 0.229. The maximum atomic E-state index is 9.08. The van der Waals surface area contributed by atoms with Gasteiger partial charge in [-0.25, -0.2) is 0 Å². The lowest BCUT2D eigenvalue weighted by molar-refractivity contribution is 0.123. The molecule has 0 radical (unpaired) electrons. The van der Waals surface area contributed by atoms with Gasteiger partial charge in [0.2, 0.25) is 0 Å². The second-order valence-corrected chi connectivity index (χ2v) is 3.37. The predicted molar refractivity (Wildman–Crippen MR) is 50.3 cm³/mol. The summed E-state index contributed by atoms with van der Waals surface area (Å²) in [5, 5.41) is 16.2. The van der Waals surface area contributed by atoms with Gasteiger partial charge in [-0.1, -0.05) is 0 Å². The van der Waals surface area contributed by atoms with Crippen molar-refractivity contribution >= 4 is 5.84 Å². The Morgan fingerprint density at radius 3 is 2.42 bits per heavy atom. The first-order chi connectivity index (χ1) is 5.43. The third-order valence-corrected chi connectivity index (χ3v) is 1.82. The van der Waals surface area contributed by atoms with Gasteiger partial charge in [0.25, 0.3) is 0 Å². The molecule has 0 aromatic carbocycles.